The predicted molar refractivity (Wildman–Crippen MR) is 120 cm³/mol. The van der Waals surface area contributed by atoms with Crippen LogP contribution >= 0.6 is 0 Å². The van der Waals surface area contributed by atoms with Crippen LogP contribution in [0.4, 0.5) is 0 Å². The van der Waals surface area contributed by atoms with Crippen molar-refractivity contribution in [2.45, 2.75) is 6.04 Å². The van der Waals surface area contributed by atoms with Crippen molar-refractivity contribution in [2.24, 2.45) is 0 Å². The van der Waals surface area contributed by atoms with E-state index in [0.29, 0.717) is 41.5 Å². The van der Waals surface area contributed by atoms with E-state index in [1.54, 1.807) is 49.6 Å². The summed E-state index contributed by atoms with van der Waals surface area (Å²) in [5.41, 5.74) is 1.09. The first-order valence-electron chi connectivity index (χ1n) is 10.1. The number of hydrogen-bond acceptors (Lipinski definition) is 7. The zero-order valence-corrected chi connectivity index (χ0v) is 18.9. The van der Waals surface area contributed by atoms with Gasteiger partial charge >= 0.3 is 0 Å². The number of likely N-dealkylation sites (N-methyl/N-ethyl adjacent to an activating group) is 1. The third kappa shape index (κ3) is 4.40. The summed E-state index contributed by atoms with van der Waals surface area (Å²) in [6.45, 7) is 0.870. The summed E-state index contributed by atoms with van der Waals surface area (Å²) in [6.07, 6.45) is 0. The minimum atomic E-state index is -0.767. The highest BCUT2D eigenvalue weighted by Crippen LogP contribution is 2.41. The number of methoxy groups -OCH3 is 3. The number of likely N-dealkylation sites (tertiary alicyclic amines) is 1. The monoisotopic (exact) mass is 440 g/mol. The lowest BCUT2D eigenvalue weighted by atomic mass is 9.95. The van der Waals surface area contributed by atoms with Gasteiger partial charge < -0.3 is 29.1 Å². The van der Waals surface area contributed by atoms with E-state index in [-0.39, 0.29) is 11.3 Å². The maximum atomic E-state index is 13.1. The number of aliphatic hydroxyl groups is 1. The van der Waals surface area contributed by atoms with Crippen LogP contribution in [0.3, 0.4) is 0 Å². The second-order valence-corrected chi connectivity index (χ2v) is 7.64. The Bertz CT molecular complexity index is 1030. The third-order valence-corrected chi connectivity index (χ3v) is 5.41. The molecular formula is C24H28N2O6. The molecule has 1 aliphatic rings. The lowest BCUT2D eigenvalue weighted by Gasteiger charge is -2.27. The van der Waals surface area contributed by atoms with Gasteiger partial charge in [0.25, 0.3) is 11.7 Å². The smallest absolute Gasteiger partial charge is 0.295 e. The molecule has 2 aromatic rings. The molecule has 0 radical (unpaired) electrons. The number of nitrogens with zero attached hydrogens (tertiary/aromatic N) is 2. The van der Waals surface area contributed by atoms with E-state index in [1.807, 2.05) is 19.0 Å². The second-order valence-electron chi connectivity index (χ2n) is 7.64. The van der Waals surface area contributed by atoms with Crippen molar-refractivity contribution < 1.29 is 28.9 Å². The van der Waals surface area contributed by atoms with Crippen LogP contribution in [0.5, 0.6) is 17.2 Å². The molecule has 0 unspecified atom stereocenters. The summed E-state index contributed by atoms with van der Waals surface area (Å²) >= 11 is 0. The first kappa shape index (κ1) is 23.1. The first-order valence-corrected chi connectivity index (χ1v) is 10.1. The Kier molecular flexibility index (Phi) is 7.05. The Balaban J connectivity index is 2.16. The third-order valence-electron chi connectivity index (χ3n) is 5.41. The molecule has 0 bridgehead atoms. The number of amides is 1. The van der Waals surface area contributed by atoms with Crippen molar-refractivity contribution >= 4 is 17.4 Å². The summed E-state index contributed by atoms with van der Waals surface area (Å²) in [5, 5.41) is 11.1. The Morgan fingerprint density at radius 1 is 0.969 bits per heavy atom. The number of benzene rings is 2. The van der Waals surface area contributed by atoms with Gasteiger partial charge in [0.1, 0.15) is 11.5 Å². The van der Waals surface area contributed by atoms with E-state index in [9.17, 15) is 14.7 Å². The van der Waals surface area contributed by atoms with Crippen LogP contribution in [0.25, 0.3) is 5.76 Å². The molecule has 0 spiro atoms. The van der Waals surface area contributed by atoms with Crippen molar-refractivity contribution in [2.75, 3.05) is 48.5 Å². The summed E-state index contributed by atoms with van der Waals surface area (Å²) in [4.78, 5) is 29.4. The van der Waals surface area contributed by atoms with Crippen molar-refractivity contribution in [3.63, 3.8) is 0 Å². The van der Waals surface area contributed by atoms with Gasteiger partial charge in [-0.05, 0) is 56.1 Å². The maximum Gasteiger partial charge on any atom is 0.295 e. The minimum Gasteiger partial charge on any atom is -0.507 e. The number of Topliss-reactive ketones (excluding diaryl/α,β-unsaturated/α-hetero) is 1. The molecule has 0 aliphatic carbocycles. The molecule has 170 valence electrons. The van der Waals surface area contributed by atoms with Crippen LogP contribution in [0.2, 0.25) is 0 Å². The molecule has 1 N–H and O–H groups in total. The second kappa shape index (κ2) is 9.74. The Morgan fingerprint density at radius 3 is 2.19 bits per heavy atom. The normalized spacial score (nSPS) is 17.7. The molecule has 8 nitrogen and oxygen atoms in total. The summed E-state index contributed by atoms with van der Waals surface area (Å²) < 4.78 is 15.9. The van der Waals surface area contributed by atoms with Crippen molar-refractivity contribution in [3.8, 4) is 17.2 Å². The molecule has 0 saturated carbocycles. The van der Waals surface area contributed by atoms with Crippen molar-refractivity contribution in [1.82, 2.24) is 9.80 Å². The van der Waals surface area contributed by atoms with E-state index >= 15 is 0 Å². The maximum absolute atomic E-state index is 13.1. The average molecular weight is 440 g/mol. The molecule has 1 saturated heterocycles. The molecule has 2 aromatic carbocycles. The fourth-order valence-corrected chi connectivity index (χ4v) is 3.69. The lowest BCUT2D eigenvalue weighted by molar-refractivity contribution is -0.140. The molecule has 3 rings (SSSR count). The van der Waals surface area contributed by atoms with Gasteiger partial charge in [-0.15, -0.1) is 0 Å². The molecule has 1 heterocycles. The standard InChI is InChI=1S/C24H28N2O6/c1-25(2)12-13-26-21(16-8-11-18(31-4)19(14-16)32-5)20(23(28)24(26)29)22(27)15-6-9-17(30-3)10-7-15/h6-11,14,21,27H,12-13H2,1-5H3/t21-/m1/s1. The van der Waals surface area contributed by atoms with Gasteiger partial charge in [0.2, 0.25) is 0 Å². The zero-order valence-electron chi connectivity index (χ0n) is 18.9. The number of carbonyl (C=O) groups is 2. The molecular weight excluding hydrogens is 412 g/mol. The Morgan fingerprint density at radius 2 is 1.62 bits per heavy atom. The zero-order chi connectivity index (χ0) is 23.4. The molecule has 1 amide bonds. The Labute approximate surface area is 187 Å². The number of ether oxygens (including phenoxy) is 3. The largest absolute Gasteiger partial charge is 0.507 e. The number of ketones is 1. The van der Waals surface area contributed by atoms with E-state index < -0.39 is 17.7 Å². The van der Waals surface area contributed by atoms with Crippen molar-refractivity contribution in [3.05, 3.63) is 59.2 Å². The number of rotatable bonds is 8. The van der Waals surface area contributed by atoms with Gasteiger partial charge in [0, 0.05) is 18.7 Å². The quantitative estimate of drug-likeness (QED) is 0.384. The SMILES string of the molecule is COc1ccc(C(O)=C2C(=O)C(=O)N(CCN(C)C)[C@@H]2c2ccc(OC)c(OC)c2)cc1. The molecule has 1 aliphatic heterocycles. The van der Waals surface area contributed by atoms with Crippen LogP contribution in [0.15, 0.2) is 48.0 Å². The van der Waals surface area contributed by atoms with Crippen LogP contribution in [-0.4, -0.2) is 75.1 Å². The first-order chi connectivity index (χ1) is 15.3. The summed E-state index contributed by atoms with van der Waals surface area (Å²) in [7, 11) is 8.37. The van der Waals surface area contributed by atoms with E-state index in [1.165, 1.54) is 19.1 Å². The molecule has 1 atom stereocenters. The minimum absolute atomic E-state index is 0.0335. The highest BCUT2D eigenvalue weighted by atomic mass is 16.5. The van der Waals surface area contributed by atoms with Gasteiger partial charge in [0.05, 0.1) is 32.9 Å². The topological polar surface area (TPSA) is 88.5 Å². The fourth-order valence-electron chi connectivity index (χ4n) is 3.69. The van der Waals surface area contributed by atoms with Gasteiger partial charge in [-0.1, -0.05) is 6.07 Å². The number of hydrogen-bond donors (Lipinski definition) is 1. The highest BCUT2D eigenvalue weighted by molar-refractivity contribution is 6.46. The van der Waals surface area contributed by atoms with Crippen LogP contribution < -0.4 is 14.2 Å². The molecule has 1 fully saturated rings. The van der Waals surface area contributed by atoms with Crippen LogP contribution in [-0.2, 0) is 9.59 Å². The van der Waals surface area contributed by atoms with Crippen LogP contribution in [0, 0.1) is 0 Å². The Hall–Kier alpha value is -3.52. The highest BCUT2D eigenvalue weighted by Gasteiger charge is 2.46. The van der Waals surface area contributed by atoms with E-state index in [0.717, 1.165) is 0 Å². The summed E-state index contributed by atoms with van der Waals surface area (Å²) in [6, 6.07) is 11.1. The predicted octanol–water partition coefficient (Wildman–Crippen LogP) is 2.70. The van der Waals surface area contributed by atoms with Gasteiger partial charge in [-0.3, -0.25) is 9.59 Å². The van der Waals surface area contributed by atoms with Gasteiger partial charge in [0.15, 0.2) is 11.5 Å². The molecule has 32 heavy (non-hydrogen) atoms. The van der Waals surface area contributed by atoms with Gasteiger partial charge in [-0.25, -0.2) is 0 Å². The van der Waals surface area contributed by atoms with E-state index in [2.05, 4.69) is 0 Å². The van der Waals surface area contributed by atoms with Crippen molar-refractivity contribution in [1.29, 1.82) is 0 Å². The summed E-state index contributed by atoms with van der Waals surface area (Å²) in [5.74, 6) is -0.00888. The number of carbonyl (C=O) groups excluding carboxylic acids is 2. The molecule has 8 heteroatoms. The lowest BCUT2D eigenvalue weighted by Crippen LogP contribution is -2.35. The number of aliphatic hydroxyl groups excluding tert-OH is 1. The molecule has 0 aromatic heterocycles. The average Bonchev–Trinajstić information content (AvgIpc) is 3.06. The van der Waals surface area contributed by atoms with Crippen LogP contribution in [0.1, 0.15) is 17.2 Å². The fraction of sp³-hybridized carbons (Fsp3) is 0.333. The van der Waals surface area contributed by atoms with E-state index in [4.69, 9.17) is 14.2 Å². The van der Waals surface area contributed by atoms with Gasteiger partial charge in [-0.2, -0.15) is 0 Å².